The lowest BCUT2D eigenvalue weighted by Crippen LogP contribution is -1.96. The fourth-order valence-electron chi connectivity index (χ4n) is 1.25. The molecule has 0 bridgehead atoms. The van der Waals surface area contributed by atoms with Crippen LogP contribution in [0.5, 0.6) is 5.75 Å². The maximum Gasteiger partial charge on any atom is 0.132 e. The first-order valence-electron chi connectivity index (χ1n) is 4.73. The van der Waals surface area contributed by atoms with Crippen molar-refractivity contribution in [3.05, 3.63) is 57.8 Å². The highest BCUT2D eigenvalue weighted by atomic mass is 79.9. The van der Waals surface area contributed by atoms with Gasteiger partial charge in [-0.3, -0.25) is 0 Å². The third-order valence-corrected chi connectivity index (χ3v) is 3.03. The summed E-state index contributed by atoms with van der Waals surface area (Å²) in [5.74, 6) is 0.718. The highest BCUT2D eigenvalue weighted by Gasteiger charge is 2.00. The fraction of sp³-hybridized carbons (Fsp3) is 0.0833. The molecule has 0 aliphatic heterocycles. The van der Waals surface area contributed by atoms with Crippen LogP contribution in [0.15, 0.2) is 47.1 Å². The number of nitrogens with zero attached hydrogens (tertiary/aromatic N) is 1. The Hall–Kier alpha value is -1.06. The van der Waals surface area contributed by atoms with Gasteiger partial charge in [0.1, 0.15) is 17.5 Å². The van der Waals surface area contributed by atoms with Crippen LogP contribution < -0.4 is 4.74 Å². The van der Waals surface area contributed by atoms with Crippen LogP contribution in [0, 0.1) is 0 Å². The van der Waals surface area contributed by atoms with Gasteiger partial charge in [0.15, 0.2) is 0 Å². The van der Waals surface area contributed by atoms with Crippen molar-refractivity contribution in [1.82, 2.24) is 4.98 Å². The largest absolute Gasteiger partial charge is 0.489 e. The predicted octanol–water partition coefficient (Wildman–Crippen LogP) is 4.08. The summed E-state index contributed by atoms with van der Waals surface area (Å²) in [5, 5.41) is 0.435. The molecule has 82 valence electrons. The van der Waals surface area contributed by atoms with E-state index in [1.165, 1.54) is 0 Å². The Kier molecular flexibility index (Phi) is 3.80. The summed E-state index contributed by atoms with van der Waals surface area (Å²) < 4.78 is 6.64. The van der Waals surface area contributed by atoms with Crippen molar-refractivity contribution in [3.8, 4) is 5.75 Å². The van der Waals surface area contributed by atoms with Crippen molar-refractivity contribution < 1.29 is 4.74 Å². The van der Waals surface area contributed by atoms with E-state index in [9.17, 15) is 0 Å². The van der Waals surface area contributed by atoms with Gasteiger partial charge in [-0.05, 0) is 12.1 Å². The van der Waals surface area contributed by atoms with Gasteiger partial charge in [0.2, 0.25) is 0 Å². The van der Waals surface area contributed by atoms with Crippen LogP contribution in [0.2, 0.25) is 5.15 Å². The second-order valence-corrected chi connectivity index (χ2v) is 4.44. The molecule has 0 fully saturated rings. The van der Waals surface area contributed by atoms with Gasteiger partial charge in [-0.1, -0.05) is 45.7 Å². The summed E-state index contributed by atoms with van der Waals surface area (Å²) in [7, 11) is 0. The number of hydrogen-bond donors (Lipinski definition) is 0. The Morgan fingerprint density at radius 1 is 1.25 bits per heavy atom. The maximum absolute atomic E-state index is 5.76. The molecule has 0 amide bonds. The number of ether oxygens (including phenoxy) is 1. The van der Waals surface area contributed by atoms with E-state index in [4.69, 9.17) is 16.3 Å². The van der Waals surface area contributed by atoms with Crippen LogP contribution >= 0.6 is 27.5 Å². The van der Waals surface area contributed by atoms with Crippen LogP contribution in [-0.2, 0) is 6.61 Å². The number of aromatic nitrogens is 1. The van der Waals surface area contributed by atoms with E-state index in [-0.39, 0.29) is 0 Å². The first kappa shape index (κ1) is 11.4. The SMILES string of the molecule is Clc1cc(OCc2ccccc2Br)ccn1. The lowest BCUT2D eigenvalue weighted by Gasteiger charge is -2.07. The van der Waals surface area contributed by atoms with Gasteiger partial charge in [0.25, 0.3) is 0 Å². The molecule has 0 saturated heterocycles. The van der Waals surface area contributed by atoms with Gasteiger partial charge in [0, 0.05) is 22.3 Å². The summed E-state index contributed by atoms with van der Waals surface area (Å²) in [4.78, 5) is 3.89. The topological polar surface area (TPSA) is 22.1 Å². The van der Waals surface area contributed by atoms with Crippen LogP contribution in [0.3, 0.4) is 0 Å². The summed E-state index contributed by atoms with van der Waals surface area (Å²) in [6.07, 6.45) is 1.62. The van der Waals surface area contributed by atoms with Gasteiger partial charge in [-0.2, -0.15) is 0 Å². The lowest BCUT2D eigenvalue weighted by atomic mass is 10.2. The third kappa shape index (κ3) is 2.97. The second kappa shape index (κ2) is 5.32. The van der Waals surface area contributed by atoms with Crippen LogP contribution in [0.1, 0.15) is 5.56 Å². The minimum Gasteiger partial charge on any atom is -0.489 e. The van der Waals surface area contributed by atoms with E-state index in [0.717, 1.165) is 15.8 Å². The Morgan fingerprint density at radius 3 is 2.81 bits per heavy atom. The van der Waals surface area contributed by atoms with Crippen molar-refractivity contribution in [3.63, 3.8) is 0 Å². The summed E-state index contributed by atoms with van der Waals surface area (Å²) in [6, 6.07) is 11.4. The average Bonchev–Trinajstić information content (AvgIpc) is 2.28. The number of hydrogen-bond acceptors (Lipinski definition) is 2. The zero-order valence-electron chi connectivity index (χ0n) is 8.36. The number of rotatable bonds is 3. The second-order valence-electron chi connectivity index (χ2n) is 3.19. The number of benzene rings is 1. The molecule has 0 aliphatic rings. The van der Waals surface area contributed by atoms with E-state index in [1.54, 1.807) is 18.3 Å². The van der Waals surface area contributed by atoms with Crippen LogP contribution in [-0.4, -0.2) is 4.98 Å². The molecule has 0 aliphatic carbocycles. The van der Waals surface area contributed by atoms with E-state index in [1.807, 2.05) is 24.3 Å². The molecule has 0 spiro atoms. The molecule has 1 aromatic carbocycles. The molecule has 4 heteroatoms. The van der Waals surface area contributed by atoms with Crippen LogP contribution in [0.25, 0.3) is 0 Å². The minimum absolute atomic E-state index is 0.435. The van der Waals surface area contributed by atoms with Gasteiger partial charge < -0.3 is 4.74 Å². The summed E-state index contributed by atoms with van der Waals surface area (Å²) >= 11 is 9.22. The number of pyridine rings is 1. The average molecular weight is 299 g/mol. The molecule has 0 unspecified atom stereocenters. The van der Waals surface area contributed by atoms with Crippen molar-refractivity contribution in [2.24, 2.45) is 0 Å². The van der Waals surface area contributed by atoms with Crippen molar-refractivity contribution in [2.45, 2.75) is 6.61 Å². The van der Waals surface area contributed by atoms with Crippen molar-refractivity contribution >= 4 is 27.5 Å². The summed E-state index contributed by atoms with van der Waals surface area (Å²) in [5.41, 5.74) is 1.09. The van der Waals surface area contributed by atoms with Crippen molar-refractivity contribution in [1.29, 1.82) is 0 Å². The molecule has 0 N–H and O–H groups in total. The van der Waals surface area contributed by atoms with Gasteiger partial charge in [-0.15, -0.1) is 0 Å². The molecule has 0 atom stereocenters. The lowest BCUT2D eigenvalue weighted by molar-refractivity contribution is 0.305. The standard InChI is InChI=1S/C12H9BrClNO/c13-11-4-2-1-3-9(11)8-16-10-5-6-15-12(14)7-10/h1-7H,8H2. The molecule has 16 heavy (non-hydrogen) atoms. The van der Waals surface area contributed by atoms with E-state index in [2.05, 4.69) is 20.9 Å². The molecule has 0 saturated carbocycles. The van der Waals surface area contributed by atoms with Crippen molar-refractivity contribution in [2.75, 3.05) is 0 Å². The Bertz CT molecular complexity index is 490. The smallest absolute Gasteiger partial charge is 0.132 e. The normalized spacial score (nSPS) is 10.1. The highest BCUT2D eigenvalue weighted by molar-refractivity contribution is 9.10. The number of halogens is 2. The van der Waals surface area contributed by atoms with Crippen LogP contribution in [0.4, 0.5) is 0 Å². The zero-order valence-corrected chi connectivity index (χ0v) is 10.7. The Labute approximate surface area is 107 Å². The zero-order chi connectivity index (χ0) is 11.4. The quantitative estimate of drug-likeness (QED) is 0.797. The molecular weight excluding hydrogens is 289 g/mol. The molecule has 2 nitrogen and oxygen atoms in total. The monoisotopic (exact) mass is 297 g/mol. The van der Waals surface area contributed by atoms with E-state index < -0.39 is 0 Å². The maximum atomic E-state index is 5.76. The van der Waals surface area contributed by atoms with E-state index in [0.29, 0.717) is 11.8 Å². The molecule has 0 radical (unpaired) electrons. The first-order valence-corrected chi connectivity index (χ1v) is 5.90. The molecule has 1 aromatic heterocycles. The molecule has 2 aromatic rings. The van der Waals surface area contributed by atoms with Gasteiger partial charge >= 0.3 is 0 Å². The predicted molar refractivity (Wildman–Crippen MR) is 67.7 cm³/mol. The van der Waals surface area contributed by atoms with Gasteiger partial charge in [-0.25, -0.2) is 4.98 Å². The Balaban J connectivity index is 2.05. The third-order valence-electron chi connectivity index (χ3n) is 2.05. The van der Waals surface area contributed by atoms with E-state index >= 15 is 0 Å². The Morgan fingerprint density at radius 2 is 2.06 bits per heavy atom. The molecule has 2 rings (SSSR count). The molecular formula is C12H9BrClNO. The summed E-state index contributed by atoms with van der Waals surface area (Å²) in [6.45, 7) is 0.502. The molecule has 1 heterocycles. The van der Waals surface area contributed by atoms with Gasteiger partial charge in [0.05, 0.1) is 0 Å². The first-order chi connectivity index (χ1) is 7.75. The highest BCUT2D eigenvalue weighted by Crippen LogP contribution is 2.20. The fourth-order valence-corrected chi connectivity index (χ4v) is 1.81. The minimum atomic E-state index is 0.435.